The van der Waals surface area contributed by atoms with Gasteiger partial charge in [-0.2, -0.15) is 0 Å². The highest BCUT2D eigenvalue weighted by Crippen LogP contribution is 2.11. The van der Waals surface area contributed by atoms with Crippen molar-refractivity contribution in [2.45, 2.75) is 47.5 Å². The number of amides is 1. The van der Waals surface area contributed by atoms with Gasteiger partial charge in [0.1, 0.15) is 0 Å². The summed E-state index contributed by atoms with van der Waals surface area (Å²) >= 11 is 0. The highest BCUT2D eigenvalue weighted by Gasteiger charge is 2.18. The average molecular weight is 216 g/mol. The lowest BCUT2D eigenvalue weighted by Crippen LogP contribution is -2.31. The lowest BCUT2D eigenvalue weighted by molar-refractivity contribution is -0.127. The number of hydrogen-bond donors (Lipinski definition) is 2. The normalized spacial score (nSPS) is 14.3. The molecule has 0 aromatic heterocycles. The van der Waals surface area contributed by atoms with Crippen LogP contribution in [0.25, 0.3) is 0 Å². The van der Waals surface area contributed by atoms with Gasteiger partial charge in [0.2, 0.25) is 5.91 Å². The van der Waals surface area contributed by atoms with Crippen LogP contribution in [-0.2, 0) is 4.79 Å². The van der Waals surface area contributed by atoms with E-state index in [4.69, 9.17) is 0 Å². The van der Waals surface area contributed by atoms with E-state index in [1.54, 1.807) is 7.05 Å². The smallest absolute Gasteiger partial charge is 0.225 e. The summed E-state index contributed by atoms with van der Waals surface area (Å²) in [4.78, 5) is 10.7. The van der Waals surface area contributed by atoms with E-state index in [0.29, 0.717) is 0 Å². The van der Waals surface area contributed by atoms with Crippen LogP contribution in [0.1, 0.15) is 47.5 Å². The zero-order chi connectivity index (χ0) is 12.3. The monoisotopic (exact) mass is 216 g/mol. The summed E-state index contributed by atoms with van der Waals surface area (Å²) in [6.07, 6.45) is 2.78. The Morgan fingerprint density at radius 3 is 1.60 bits per heavy atom. The first-order chi connectivity index (χ1) is 6.98. The second-order valence-electron chi connectivity index (χ2n) is 4.29. The van der Waals surface area contributed by atoms with Crippen molar-refractivity contribution in [1.29, 1.82) is 0 Å². The largest absolute Gasteiger partial charge is 0.359 e. The molecule has 0 radical (unpaired) electrons. The van der Waals surface area contributed by atoms with Gasteiger partial charge in [-0.3, -0.25) is 4.79 Å². The van der Waals surface area contributed by atoms with Gasteiger partial charge in [-0.05, 0) is 25.9 Å². The number of carbonyl (C=O) groups is 1. The minimum absolute atomic E-state index is 0.0810. The van der Waals surface area contributed by atoms with Crippen LogP contribution in [0.2, 0.25) is 0 Å². The van der Waals surface area contributed by atoms with E-state index in [0.717, 1.165) is 0 Å². The van der Waals surface area contributed by atoms with E-state index < -0.39 is 0 Å². The van der Waals surface area contributed by atoms with Gasteiger partial charge >= 0.3 is 0 Å². The Kier molecular flexibility index (Phi) is 11.2. The molecule has 1 aliphatic heterocycles. The Labute approximate surface area is 95.0 Å². The summed E-state index contributed by atoms with van der Waals surface area (Å²) in [6, 6.07) is 0. The molecule has 1 amide bonds. The summed E-state index contributed by atoms with van der Waals surface area (Å²) in [5, 5.41) is 5.79. The molecule has 0 aromatic rings. The average Bonchev–Trinajstić information content (AvgIpc) is 2.76. The van der Waals surface area contributed by atoms with Crippen molar-refractivity contribution in [3.63, 3.8) is 0 Å². The first kappa shape index (κ1) is 16.8. The third-order valence-electron chi connectivity index (χ3n) is 1.87. The van der Waals surface area contributed by atoms with Crippen LogP contribution in [0.15, 0.2) is 0 Å². The zero-order valence-electron chi connectivity index (χ0n) is 11.2. The van der Waals surface area contributed by atoms with Gasteiger partial charge in [0.25, 0.3) is 0 Å². The standard InChI is InChI=1S/C6H13NO.C4H9N.C2H6/c1-6(2,3)5(8)7-4;1-2-4-5-3-1;1-2/h1-4H3,(H,7,8);5H,1-4H2;1-2H3. The first-order valence-electron chi connectivity index (χ1n) is 5.91. The predicted molar refractivity (Wildman–Crippen MR) is 67.0 cm³/mol. The van der Waals surface area contributed by atoms with Crippen LogP contribution < -0.4 is 10.6 Å². The maximum Gasteiger partial charge on any atom is 0.225 e. The molecule has 0 bridgehead atoms. The zero-order valence-corrected chi connectivity index (χ0v) is 11.2. The van der Waals surface area contributed by atoms with Crippen molar-refractivity contribution < 1.29 is 4.79 Å². The molecule has 0 unspecified atom stereocenters. The Morgan fingerprint density at radius 1 is 1.13 bits per heavy atom. The number of hydrogen-bond acceptors (Lipinski definition) is 2. The molecule has 92 valence electrons. The molecule has 0 atom stereocenters. The molecule has 0 aromatic carbocycles. The third-order valence-corrected chi connectivity index (χ3v) is 1.87. The fourth-order valence-electron chi connectivity index (χ4n) is 1.000. The summed E-state index contributed by atoms with van der Waals surface area (Å²) < 4.78 is 0. The molecule has 1 fully saturated rings. The molecule has 3 heteroatoms. The van der Waals surface area contributed by atoms with Crippen LogP contribution in [0.4, 0.5) is 0 Å². The number of carbonyl (C=O) groups excluding carboxylic acids is 1. The Morgan fingerprint density at radius 2 is 1.53 bits per heavy atom. The van der Waals surface area contributed by atoms with Crippen molar-refractivity contribution >= 4 is 5.91 Å². The molecular formula is C12H28N2O. The van der Waals surface area contributed by atoms with Crippen molar-refractivity contribution in [3.8, 4) is 0 Å². The Bertz CT molecular complexity index is 139. The second kappa shape index (κ2) is 9.97. The molecule has 15 heavy (non-hydrogen) atoms. The van der Waals surface area contributed by atoms with Gasteiger partial charge in [-0.1, -0.05) is 34.6 Å². The predicted octanol–water partition coefficient (Wildman–Crippen LogP) is 2.17. The van der Waals surface area contributed by atoms with Gasteiger partial charge in [0.15, 0.2) is 0 Å². The molecule has 0 aliphatic carbocycles. The maximum atomic E-state index is 10.7. The summed E-state index contributed by atoms with van der Waals surface area (Å²) in [5.74, 6) is 0.0810. The molecular weight excluding hydrogens is 188 g/mol. The highest BCUT2D eigenvalue weighted by molar-refractivity contribution is 5.80. The van der Waals surface area contributed by atoms with Gasteiger partial charge in [0.05, 0.1) is 0 Å². The van der Waals surface area contributed by atoms with Gasteiger partial charge in [-0.25, -0.2) is 0 Å². The lowest BCUT2D eigenvalue weighted by atomic mass is 9.96. The second-order valence-corrected chi connectivity index (χ2v) is 4.29. The lowest BCUT2D eigenvalue weighted by Gasteiger charge is -2.14. The highest BCUT2D eigenvalue weighted by atomic mass is 16.2. The minimum Gasteiger partial charge on any atom is -0.359 e. The van der Waals surface area contributed by atoms with E-state index in [1.807, 2.05) is 34.6 Å². The summed E-state index contributed by atoms with van der Waals surface area (Å²) in [7, 11) is 1.65. The van der Waals surface area contributed by atoms with Gasteiger partial charge in [0, 0.05) is 12.5 Å². The van der Waals surface area contributed by atoms with E-state index in [-0.39, 0.29) is 11.3 Å². The summed E-state index contributed by atoms with van der Waals surface area (Å²) in [6.45, 7) is 12.1. The molecule has 1 saturated heterocycles. The fraction of sp³-hybridized carbons (Fsp3) is 0.917. The van der Waals surface area contributed by atoms with E-state index in [2.05, 4.69) is 10.6 Å². The molecule has 3 nitrogen and oxygen atoms in total. The van der Waals surface area contributed by atoms with Crippen LogP contribution in [0.5, 0.6) is 0 Å². The molecule has 0 spiro atoms. The molecule has 1 aliphatic rings. The van der Waals surface area contributed by atoms with E-state index >= 15 is 0 Å². The van der Waals surface area contributed by atoms with Crippen LogP contribution in [0.3, 0.4) is 0 Å². The SMILES string of the molecule is C1CCNC1.CC.CNC(=O)C(C)(C)C. The summed E-state index contributed by atoms with van der Waals surface area (Å²) in [5.41, 5.74) is -0.241. The molecule has 0 saturated carbocycles. The first-order valence-corrected chi connectivity index (χ1v) is 5.91. The third kappa shape index (κ3) is 11.4. The van der Waals surface area contributed by atoms with Gasteiger partial charge < -0.3 is 10.6 Å². The maximum absolute atomic E-state index is 10.7. The van der Waals surface area contributed by atoms with Crippen molar-refractivity contribution in [1.82, 2.24) is 10.6 Å². The van der Waals surface area contributed by atoms with Crippen LogP contribution in [0, 0.1) is 5.41 Å². The quantitative estimate of drug-likeness (QED) is 0.651. The minimum atomic E-state index is -0.241. The van der Waals surface area contributed by atoms with Crippen molar-refractivity contribution in [3.05, 3.63) is 0 Å². The number of rotatable bonds is 0. The Balaban J connectivity index is 0. The molecule has 1 rings (SSSR count). The van der Waals surface area contributed by atoms with E-state index in [1.165, 1.54) is 25.9 Å². The van der Waals surface area contributed by atoms with Gasteiger partial charge in [-0.15, -0.1) is 0 Å². The van der Waals surface area contributed by atoms with Crippen molar-refractivity contribution in [2.24, 2.45) is 5.41 Å². The fourth-order valence-corrected chi connectivity index (χ4v) is 1.000. The molecule has 1 heterocycles. The van der Waals surface area contributed by atoms with E-state index in [9.17, 15) is 4.79 Å². The molecule has 2 N–H and O–H groups in total. The van der Waals surface area contributed by atoms with Crippen molar-refractivity contribution in [2.75, 3.05) is 20.1 Å². The number of nitrogens with one attached hydrogen (secondary N) is 2. The van der Waals surface area contributed by atoms with Crippen LogP contribution in [-0.4, -0.2) is 26.0 Å². The van der Waals surface area contributed by atoms with Crippen LogP contribution >= 0.6 is 0 Å². The topological polar surface area (TPSA) is 41.1 Å². The Hall–Kier alpha value is -0.570.